The summed E-state index contributed by atoms with van der Waals surface area (Å²) in [6.45, 7) is 5.80. The van der Waals surface area contributed by atoms with Crippen LogP contribution in [0.25, 0.3) is 10.6 Å². The zero-order valence-corrected chi connectivity index (χ0v) is 18.9. The number of nitrogens with zero attached hydrogens (tertiary/aromatic N) is 3. The molecule has 0 atom stereocenters. The molecule has 1 fully saturated rings. The van der Waals surface area contributed by atoms with Gasteiger partial charge in [-0.05, 0) is 59.2 Å². The smallest absolute Gasteiger partial charge is 0.152 e. The number of aromatic nitrogens is 2. The number of rotatable bonds is 8. The van der Waals surface area contributed by atoms with Crippen LogP contribution in [0.3, 0.4) is 0 Å². The van der Waals surface area contributed by atoms with Crippen molar-refractivity contribution in [2.24, 2.45) is 0 Å². The first-order valence-corrected chi connectivity index (χ1v) is 11.5. The highest BCUT2D eigenvalue weighted by atomic mass is 79.9. The van der Waals surface area contributed by atoms with E-state index < -0.39 is 0 Å². The molecule has 3 aromatic rings. The third-order valence-corrected chi connectivity index (χ3v) is 6.55. The Bertz CT molecular complexity index is 1020. The van der Waals surface area contributed by atoms with Gasteiger partial charge >= 0.3 is 0 Å². The second-order valence-electron chi connectivity index (χ2n) is 7.00. The van der Waals surface area contributed by atoms with E-state index in [1.54, 1.807) is 0 Å². The average molecular weight is 487 g/mol. The maximum absolute atomic E-state index is 8.98. The van der Waals surface area contributed by atoms with Crippen LogP contribution in [0.2, 0.25) is 0 Å². The average Bonchev–Trinajstić information content (AvgIpc) is 3.43. The van der Waals surface area contributed by atoms with E-state index in [1.165, 1.54) is 11.3 Å². The Balaban J connectivity index is 1.29. The summed E-state index contributed by atoms with van der Waals surface area (Å²) in [6.07, 6.45) is 1.10. The molecule has 0 aliphatic carbocycles. The predicted molar refractivity (Wildman–Crippen MR) is 124 cm³/mol. The van der Waals surface area contributed by atoms with Crippen molar-refractivity contribution >= 4 is 44.5 Å². The molecular weight excluding hydrogens is 464 g/mol. The van der Waals surface area contributed by atoms with Gasteiger partial charge in [0.15, 0.2) is 5.82 Å². The van der Waals surface area contributed by atoms with Crippen molar-refractivity contribution in [2.45, 2.75) is 6.42 Å². The highest BCUT2D eigenvalue weighted by Crippen LogP contribution is 2.31. The molecule has 1 aliphatic heterocycles. The van der Waals surface area contributed by atoms with Gasteiger partial charge in [-0.1, -0.05) is 0 Å². The van der Waals surface area contributed by atoms with Gasteiger partial charge in [0.1, 0.15) is 10.9 Å². The third-order valence-electron chi connectivity index (χ3n) is 4.88. The summed E-state index contributed by atoms with van der Waals surface area (Å²) in [5.74, 6) is 0.726. The Hall–Kier alpha value is -2.38. The van der Waals surface area contributed by atoms with Crippen molar-refractivity contribution in [3.05, 3.63) is 45.7 Å². The van der Waals surface area contributed by atoms with Gasteiger partial charge in [-0.15, -0.1) is 11.3 Å². The molecule has 3 N–H and O–H groups in total. The van der Waals surface area contributed by atoms with Gasteiger partial charge in [0.25, 0.3) is 0 Å². The summed E-state index contributed by atoms with van der Waals surface area (Å²) in [5.41, 5.74) is 2.91. The zero-order chi connectivity index (χ0) is 20.8. The van der Waals surface area contributed by atoms with Crippen LogP contribution in [0.4, 0.5) is 17.2 Å². The number of hydrogen-bond donors (Lipinski definition) is 3. The minimum atomic E-state index is 0.685. The normalized spacial score (nSPS) is 14.4. The van der Waals surface area contributed by atoms with E-state index in [9.17, 15) is 0 Å². The van der Waals surface area contributed by atoms with Gasteiger partial charge in [-0.2, -0.15) is 10.4 Å². The molecule has 7 nitrogen and oxygen atoms in total. The molecule has 9 heteroatoms. The number of morpholine rings is 1. The fourth-order valence-corrected chi connectivity index (χ4v) is 4.53. The number of benzene rings is 1. The summed E-state index contributed by atoms with van der Waals surface area (Å²) < 4.78 is 6.35. The number of thiophene rings is 1. The molecule has 1 aromatic carbocycles. The Labute approximate surface area is 188 Å². The summed E-state index contributed by atoms with van der Waals surface area (Å²) in [7, 11) is 0. The molecular formula is C21H23BrN6OS. The van der Waals surface area contributed by atoms with Crippen LogP contribution in [0.15, 0.2) is 40.9 Å². The SMILES string of the molecule is N#Cc1ccc(-c2cc(Nc3ccc(NCCCN4CCOCC4)cc3Br)n[nH]2)s1. The summed E-state index contributed by atoms with van der Waals surface area (Å²) >= 11 is 5.09. The van der Waals surface area contributed by atoms with Gasteiger partial charge in [0, 0.05) is 35.9 Å². The number of ether oxygens (including phenoxy) is 1. The second kappa shape index (κ2) is 10.1. The first-order chi connectivity index (χ1) is 14.7. The number of nitriles is 1. The van der Waals surface area contributed by atoms with Crippen LogP contribution in [0, 0.1) is 11.3 Å². The number of H-pyrrole nitrogens is 1. The first kappa shape index (κ1) is 20.9. The molecule has 0 spiro atoms. The van der Waals surface area contributed by atoms with Gasteiger partial charge in [-0.25, -0.2) is 0 Å². The van der Waals surface area contributed by atoms with Gasteiger partial charge in [0.05, 0.1) is 29.5 Å². The summed E-state index contributed by atoms with van der Waals surface area (Å²) in [5, 5.41) is 23.1. The highest BCUT2D eigenvalue weighted by molar-refractivity contribution is 9.10. The van der Waals surface area contributed by atoms with Crippen LogP contribution in [0.5, 0.6) is 0 Å². The molecule has 0 amide bonds. The Morgan fingerprint density at radius 3 is 2.87 bits per heavy atom. The van der Waals surface area contributed by atoms with Crippen LogP contribution in [0.1, 0.15) is 11.3 Å². The molecule has 4 rings (SSSR count). The largest absolute Gasteiger partial charge is 0.385 e. The first-order valence-electron chi connectivity index (χ1n) is 9.87. The molecule has 1 aliphatic rings. The van der Waals surface area contributed by atoms with Crippen molar-refractivity contribution in [2.75, 3.05) is 50.0 Å². The van der Waals surface area contributed by atoms with Crippen LogP contribution in [-0.2, 0) is 4.74 Å². The van der Waals surface area contributed by atoms with Crippen molar-refractivity contribution in [3.8, 4) is 16.6 Å². The van der Waals surface area contributed by atoms with E-state index in [0.29, 0.717) is 4.88 Å². The number of aromatic amines is 1. The Kier molecular flexibility index (Phi) is 7.02. The monoisotopic (exact) mass is 486 g/mol. The minimum Gasteiger partial charge on any atom is -0.385 e. The molecule has 0 radical (unpaired) electrons. The van der Waals surface area contributed by atoms with E-state index in [-0.39, 0.29) is 0 Å². The Morgan fingerprint density at radius 2 is 2.10 bits per heavy atom. The molecule has 1 saturated heterocycles. The fraction of sp³-hybridized carbons (Fsp3) is 0.333. The van der Waals surface area contributed by atoms with Crippen LogP contribution < -0.4 is 10.6 Å². The van der Waals surface area contributed by atoms with E-state index in [2.05, 4.69) is 59.9 Å². The number of anilines is 3. The zero-order valence-electron chi connectivity index (χ0n) is 16.4. The van der Waals surface area contributed by atoms with E-state index in [4.69, 9.17) is 10.00 Å². The molecule has 30 heavy (non-hydrogen) atoms. The lowest BCUT2D eigenvalue weighted by atomic mass is 10.2. The number of hydrogen-bond acceptors (Lipinski definition) is 7. The van der Waals surface area contributed by atoms with Gasteiger partial charge in [0.2, 0.25) is 0 Å². The maximum atomic E-state index is 8.98. The van der Waals surface area contributed by atoms with E-state index >= 15 is 0 Å². The van der Waals surface area contributed by atoms with E-state index in [0.717, 1.165) is 78.1 Å². The lowest BCUT2D eigenvalue weighted by molar-refractivity contribution is 0.0378. The lowest BCUT2D eigenvalue weighted by Crippen LogP contribution is -2.37. The van der Waals surface area contributed by atoms with Crippen molar-refractivity contribution in [1.29, 1.82) is 5.26 Å². The van der Waals surface area contributed by atoms with Gasteiger partial charge < -0.3 is 15.4 Å². The van der Waals surface area contributed by atoms with Crippen molar-refractivity contribution < 1.29 is 4.74 Å². The topological polar surface area (TPSA) is 89.0 Å². The molecule has 0 unspecified atom stereocenters. The Morgan fingerprint density at radius 1 is 1.23 bits per heavy atom. The number of nitrogens with one attached hydrogen (secondary N) is 3. The summed E-state index contributed by atoms with van der Waals surface area (Å²) in [4.78, 5) is 4.12. The van der Waals surface area contributed by atoms with Crippen molar-refractivity contribution in [1.82, 2.24) is 15.1 Å². The quantitative estimate of drug-likeness (QED) is 0.401. The van der Waals surface area contributed by atoms with E-state index in [1.807, 2.05) is 24.3 Å². The number of halogens is 1. The molecule has 3 heterocycles. The van der Waals surface area contributed by atoms with Crippen molar-refractivity contribution in [3.63, 3.8) is 0 Å². The molecule has 2 aromatic heterocycles. The lowest BCUT2D eigenvalue weighted by Gasteiger charge is -2.26. The predicted octanol–water partition coefficient (Wildman–Crippen LogP) is 4.65. The van der Waals surface area contributed by atoms with Gasteiger partial charge in [-0.3, -0.25) is 10.00 Å². The molecule has 0 saturated carbocycles. The molecule has 156 valence electrons. The minimum absolute atomic E-state index is 0.685. The third kappa shape index (κ3) is 5.40. The second-order valence-corrected chi connectivity index (χ2v) is 8.93. The van der Waals surface area contributed by atoms with Crippen LogP contribution >= 0.6 is 27.3 Å². The molecule has 0 bridgehead atoms. The summed E-state index contributed by atoms with van der Waals surface area (Å²) in [6, 6.07) is 14.0. The van der Waals surface area contributed by atoms with Crippen LogP contribution in [-0.4, -0.2) is 54.5 Å². The fourth-order valence-electron chi connectivity index (χ4n) is 3.28. The standard InChI is InChI=1S/C21H23BrN6OS/c22-17-12-15(24-6-1-7-28-8-10-29-11-9-28)2-4-18(17)25-21-13-19(26-27-21)20-5-3-16(14-23)30-20/h2-5,12-13,24H,1,6-11H2,(H2,25,26,27). The maximum Gasteiger partial charge on any atom is 0.152 e. The highest BCUT2D eigenvalue weighted by Gasteiger charge is 2.10.